The van der Waals surface area contributed by atoms with E-state index in [4.69, 9.17) is 5.11 Å². The molecule has 0 fully saturated rings. The second-order valence-electron chi connectivity index (χ2n) is 3.26. The molecule has 0 saturated heterocycles. The zero-order chi connectivity index (χ0) is 13.3. The van der Waals surface area contributed by atoms with Crippen LogP contribution >= 0.6 is 11.3 Å². The fraction of sp³-hybridized carbons (Fsp3) is 0.125. The maximum Gasteiger partial charge on any atom is 0.357 e. The van der Waals surface area contributed by atoms with E-state index in [1.165, 1.54) is 29.5 Å². The van der Waals surface area contributed by atoms with E-state index in [0.29, 0.717) is 0 Å². The molecular formula is C8H8N4O4S2. The number of aromatic carboxylic acids is 1. The summed E-state index contributed by atoms with van der Waals surface area (Å²) in [5.41, 5.74) is 0.914. The molecule has 8 nitrogen and oxygen atoms in total. The number of imidazole rings is 1. The standard InChI is InChI=1S/C8H8N4O4S2/c1-12-3-2-9-8(12)18(15,16)11-6-5(7(13)14)10-4-17-6/h2-4,11H,1H3,(H,13,14). The molecule has 0 bridgehead atoms. The van der Waals surface area contributed by atoms with Gasteiger partial charge < -0.3 is 9.67 Å². The van der Waals surface area contributed by atoms with Gasteiger partial charge in [0.2, 0.25) is 5.16 Å². The second-order valence-corrected chi connectivity index (χ2v) is 5.69. The van der Waals surface area contributed by atoms with Crippen LogP contribution < -0.4 is 4.72 Å². The summed E-state index contributed by atoms with van der Waals surface area (Å²) in [5, 5.41) is 8.57. The largest absolute Gasteiger partial charge is 0.476 e. The van der Waals surface area contributed by atoms with E-state index >= 15 is 0 Å². The lowest BCUT2D eigenvalue weighted by Crippen LogP contribution is -2.18. The summed E-state index contributed by atoms with van der Waals surface area (Å²) < 4.78 is 27.4. The highest BCUT2D eigenvalue weighted by molar-refractivity contribution is 7.92. The lowest BCUT2D eigenvalue weighted by molar-refractivity contribution is 0.0692. The Morgan fingerprint density at radius 3 is 2.78 bits per heavy atom. The van der Waals surface area contributed by atoms with Crippen LogP contribution in [0.25, 0.3) is 0 Å². The van der Waals surface area contributed by atoms with Crippen LogP contribution in [-0.2, 0) is 17.1 Å². The summed E-state index contributed by atoms with van der Waals surface area (Å²) in [6, 6.07) is 0. The second kappa shape index (κ2) is 4.38. The number of nitrogens with one attached hydrogen (secondary N) is 1. The molecule has 0 aliphatic heterocycles. The minimum absolute atomic E-state index is 0.0505. The number of nitrogens with zero attached hydrogens (tertiary/aromatic N) is 3. The topological polar surface area (TPSA) is 114 Å². The molecule has 0 amide bonds. The van der Waals surface area contributed by atoms with Crippen molar-refractivity contribution >= 4 is 32.3 Å². The quantitative estimate of drug-likeness (QED) is 0.840. The molecule has 0 unspecified atom stereocenters. The van der Waals surface area contributed by atoms with Gasteiger partial charge in [-0.25, -0.2) is 14.8 Å². The predicted molar refractivity (Wildman–Crippen MR) is 63.1 cm³/mol. The monoisotopic (exact) mass is 288 g/mol. The fourth-order valence-corrected chi connectivity index (χ4v) is 3.36. The number of rotatable bonds is 4. The van der Waals surface area contributed by atoms with Crippen LogP contribution in [0.3, 0.4) is 0 Å². The molecule has 2 aromatic rings. The molecule has 2 aromatic heterocycles. The van der Waals surface area contributed by atoms with E-state index in [1.807, 2.05) is 0 Å². The van der Waals surface area contributed by atoms with Gasteiger partial charge in [0.1, 0.15) is 5.00 Å². The number of carboxylic acids is 1. The third-order valence-corrected chi connectivity index (χ3v) is 4.23. The van der Waals surface area contributed by atoms with Crippen molar-refractivity contribution in [1.29, 1.82) is 0 Å². The lowest BCUT2D eigenvalue weighted by atomic mass is 10.5. The number of aryl methyl sites for hydroxylation is 1. The number of sulfonamides is 1. The van der Waals surface area contributed by atoms with Crippen molar-refractivity contribution in [3.05, 3.63) is 23.6 Å². The van der Waals surface area contributed by atoms with E-state index in [1.54, 1.807) is 0 Å². The third-order valence-electron chi connectivity index (χ3n) is 2.01. The van der Waals surface area contributed by atoms with Gasteiger partial charge in [-0.1, -0.05) is 0 Å². The highest BCUT2D eigenvalue weighted by Crippen LogP contribution is 2.23. The summed E-state index contributed by atoms with van der Waals surface area (Å²) in [7, 11) is -2.40. The summed E-state index contributed by atoms with van der Waals surface area (Å²) in [4.78, 5) is 18.1. The third kappa shape index (κ3) is 2.19. The van der Waals surface area contributed by atoms with Gasteiger partial charge in [-0.3, -0.25) is 4.72 Å². The van der Waals surface area contributed by atoms with Gasteiger partial charge in [0.25, 0.3) is 10.0 Å². The van der Waals surface area contributed by atoms with Crippen LogP contribution in [0.5, 0.6) is 0 Å². The Hall–Kier alpha value is -1.94. The van der Waals surface area contributed by atoms with E-state index in [-0.39, 0.29) is 15.9 Å². The Morgan fingerprint density at radius 2 is 2.22 bits per heavy atom. The number of hydrogen-bond acceptors (Lipinski definition) is 6. The summed E-state index contributed by atoms with van der Waals surface area (Å²) in [6.07, 6.45) is 2.80. The minimum atomic E-state index is -3.92. The van der Waals surface area contributed by atoms with Gasteiger partial charge >= 0.3 is 5.97 Å². The first-order valence-corrected chi connectivity index (χ1v) is 6.95. The van der Waals surface area contributed by atoms with Gasteiger partial charge in [-0.05, 0) is 0 Å². The van der Waals surface area contributed by atoms with Crippen molar-refractivity contribution in [2.75, 3.05) is 4.72 Å². The maximum absolute atomic E-state index is 11.9. The minimum Gasteiger partial charge on any atom is -0.476 e. The summed E-state index contributed by atoms with van der Waals surface area (Å²) in [6.45, 7) is 0. The van der Waals surface area contributed by atoms with Crippen LogP contribution in [0.15, 0.2) is 23.1 Å². The average Bonchev–Trinajstić information content (AvgIpc) is 2.86. The highest BCUT2D eigenvalue weighted by Gasteiger charge is 2.23. The Kier molecular flexibility index (Phi) is 3.05. The smallest absolute Gasteiger partial charge is 0.357 e. The number of aromatic nitrogens is 3. The normalized spacial score (nSPS) is 11.4. The van der Waals surface area contributed by atoms with Crippen molar-refractivity contribution < 1.29 is 18.3 Å². The Bertz CT molecular complexity index is 688. The zero-order valence-electron chi connectivity index (χ0n) is 9.06. The first-order valence-electron chi connectivity index (χ1n) is 4.59. The Balaban J connectivity index is 2.37. The molecule has 0 aliphatic carbocycles. The van der Waals surface area contributed by atoms with Gasteiger partial charge in [-0.2, -0.15) is 8.42 Å². The first-order chi connectivity index (χ1) is 8.42. The van der Waals surface area contributed by atoms with Gasteiger partial charge in [0.15, 0.2) is 5.69 Å². The van der Waals surface area contributed by atoms with Crippen LogP contribution in [0.1, 0.15) is 10.5 Å². The molecule has 2 rings (SSSR count). The molecule has 0 atom stereocenters. The number of thiazole rings is 1. The van der Waals surface area contributed by atoms with E-state index in [0.717, 1.165) is 11.3 Å². The number of hydrogen-bond donors (Lipinski definition) is 2. The van der Waals surface area contributed by atoms with Gasteiger partial charge in [-0.15, -0.1) is 11.3 Å². The van der Waals surface area contributed by atoms with Gasteiger partial charge in [0.05, 0.1) is 5.51 Å². The maximum atomic E-state index is 11.9. The molecule has 0 saturated carbocycles. The van der Waals surface area contributed by atoms with Crippen LogP contribution in [-0.4, -0.2) is 34.0 Å². The molecule has 0 radical (unpaired) electrons. The predicted octanol–water partition coefficient (Wildman–Crippen LogP) is 0.376. The van der Waals surface area contributed by atoms with Crippen molar-refractivity contribution in [3.8, 4) is 0 Å². The number of carbonyl (C=O) groups is 1. The molecule has 96 valence electrons. The van der Waals surface area contributed by atoms with E-state index in [9.17, 15) is 13.2 Å². The van der Waals surface area contributed by atoms with Crippen LogP contribution in [0.2, 0.25) is 0 Å². The lowest BCUT2D eigenvalue weighted by Gasteiger charge is -2.05. The van der Waals surface area contributed by atoms with Crippen molar-refractivity contribution in [1.82, 2.24) is 14.5 Å². The van der Waals surface area contributed by atoms with Crippen LogP contribution in [0.4, 0.5) is 5.00 Å². The van der Waals surface area contributed by atoms with Crippen molar-refractivity contribution in [3.63, 3.8) is 0 Å². The summed E-state index contributed by atoms with van der Waals surface area (Å²) in [5.74, 6) is -1.30. The fourth-order valence-electron chi connectivity index (χ4n) is 1.25. The molecule has 0 aromatic carbocycles. The van der Waals surface area contributed by atoms with Crippen molar-refractivity contribution in [2.24, 2.45) is 7.05 Å². The number of anilines is 1. The summed E-state index contributed by atoms with van der Waals surface area (Å²) >= 11 is 0.889. The molecule has 10 heteroatoms. The number of carboxylic acid groups (broad SMARTS) is 1. The SMILES string of the molecule is Cn1ccnc1S(=O)(=O)Nc1scnc1C(=O)O. The van der Waals surface area contributed by atoms with Crippen LogP contribution in [0, 0.1) is 0 Å². The zero-order valence-corrected chi connectivity index (χ0v) is 10.7. The first kappa shape index (κ1) is 12.5. The average molecular weight is 288 g/mol. The molecule has 0 aliphatic rings. The molecule has 18 heavy (non-hydrogen) atoms. The Labute approximate surface area is 106 Å². The Morgan fingerprint density at radius 1 is 1.50 bits per heavy atom. The molecule has 2 N–H and O–H groups in total. The van der Waals surface area contributed by atoms with Crippen molar-refractivity contribution in [2.45, 2.75) is 5.16 Å². The van der Waals surface area contributed by atoms with E-state index in [2.05, 4.69) is 14.7 Å². The molecule has 0 spiro atoms. The highest BCUT2D eigenvalue weighted by atomic mass is 32.2. The van der Waals surface area contributed by atoms with E-state index < -0.39 is 16.0 Å². The molecule has 2 heterocycles. The van der Waals surface area contributed by atoms with Gasteiger partial charge in [0, 0.05) is 19.4 Å². The molecular weight excluding hydrogens is 280 g/mol.